The number of sulfonamides is 1. The van der Waals surface area contributed by atoms with Crippen molar-refractivity contribution in [1.29, 1.82) is 0 Å². The van der Waals surface area contributed by atoms with Crippen molar-refractivity contribution < 1.29 is 31.5 Å². The molecule has 1 aromatic carbocycles. The number of thiophene rings is 1. The highest BCUT2D eigenvalue weighted by Crippen LogP contribution is 2.26. The number of carboxylic acids is 1. The molecular weight excluding hydrogens is 331 g/mol. The third kappa shape index (κ3) is 3.00. The number of hydrogen-bond donors (Lipinski definition) is 2. The van der Waals surface area contributed by atoms with E-state index in [1.165, 1.54) is 0 Å². The highest BCUT2D eigenvalue weighted by Gasteiger charge is 2.24. The van der Waals surface area contributed by atoms with Gasteiger partial charge < -0.3 is 5.11 Å². The summed E-state index contributed by atoms with van der Waals surface area (Å²) in [4.78, 5) is 9.45. The van der Waals surface area contributed by atoms with E-state index in [2.05, 4.69) is 0 Å². The highest BCUT2D eigenvalue weighted by molar-refractivity contribution is 7.93. The third-order valence-electron chi connectivity index (χ3n) is 2.34. The van der Waals surface area contributed by atoms with Crippen molar-refractivity contribution in [3.8, 4) is 0 Å². The van der Waals surface area contributed by atoms with Gasteiger partial charge in [-0.25, -0.2) is 26.4 Å². The maximum atomic E-state index is 13.5. The van der Waals surface area contributed by atoms with Gasteiger partial charge in [0.2, 0.25) is 0 Å². The molecule has 1 aromatic heterocycles. The fourth-order valence-corrected chi connectivity index (χ4v) is 3.52. The first-order valence-corrected chi connectivity index (χ1v) is 7.52. The number of rotatable bonds is 4. The molecule has 10 heteroatoms. The summed E-state index contributed by atoms with van der Waals surface area (Å²) in [6.45, 7) is 0. The lowest BCUT2D eigenvalue weighted by Gasteiger charge is -2.07. The van der Waals surface area contributed by atoms with Gasteiger partial charge in [-0.1, -0.05) is 0 Å². The Balaban J connectivity index is 2.38. The van der Waals surface area contributed by atoms with Gasteiger partial charge in [0.05, 0.1) is 0 Å². The molecule has 0 aliphatic heterocycles. The van der Waals surface area contributed by atoms with Crippen LogP contribution in [0.15, 0.2) is 29.2 Å². The molecule has 0 unspecified atom stereocenters. The van der Waals surface area contributed by atoms with E-state index < -0.39 is 38.3 Å². The van der Waals surface area contributed by atoms with Crippen molar-refractivity contribution in [3.05, 3.63) is 46.6 Å². The monoisotopic (exact) mass is 337 g/mol. The van der Waals surface area contributed by atoms with Crippen LogP contribution in [0.3, 0.4) is 0 Å². The molecule has 2 N–H and O–H groups in total. The van der Waals surface area contributed by atoms with E-state index >= 15 is 0 Å². The summed E-state index contributed by atoms with van der Waals surface area (Å²) < 4.78 is 65.0. The maximum absolute atomic E-state index is 13.5. The number of benzene rings is 1. The first-order valence-electron chi connectivity index (χ1n) is 5.22. The molecule has 0 saturated heterocycles. The van der Waals surface area contributed by atoms with Crippen LogP contribution in [0.2, 0.25) is 0 Å². The Morgan fingerprint density at radius 2 is 1.76 bits per heavy atom. The predicted molar refractivity (Wildman–Crippen MR) is 68.4 cm³/mol. The van der Waals surface area contributed by atoms with Gasteiger partial charge in [0, 0.05) is 0 Å². The second-order valence-electron chi connectivity index (χ2n) is 3.75. The largest absolute Gasteiger partial charge is 0.477 e. The van der Waals surface area contributed by atoms with E-state index in [9.17, 15) is 26.4 Å². The molecular formula is C11H6F3NO4S2. The lowest BCUT2D eigenvalue weighted by atomic mass is 10.3. The molecule has 0 atom stereocenters. The number of halogens is 3. The minimum absolute atomic E-state index is 0.100. The summed E-state index contributed by atoms with van der Waals surface area (Å²) in [5.74, 6) is -6.53. The van der Waals surface area contributed by atoms with E-state index in [0.717, 1.165) is 12.1 Å². The highest BCUT2D eigenvalue weighted by atomic mass is 32.2. The molecule has 2 rings (SSSR count). The molecule has 0 amide bonds. The van der Waals surface area contributed by atoms with Crippen molar-refractivity contribution in [2.45, 2.75) is 4.90 Å². The normalized spacial score (nSPS) is 11.4. The zero-order valence-corrected chi connectivity index (χ0v) is 11.6. The van der Waals surface area contributed by atoms with Crippen molar-refractivity contribution >= 4 is 32.3 Å². The lowest BCUT2D eigenvalue weighted by molar-refractivity contribution is 0.0702. The van der Waals surface area contributed by atoms with Gasteiger partial charge in [0.15, 0.2) is 17.5 Å². The predicted octanol–water partition coefficient (Wildman–Crippen LogP) is 2.66. The SMILES string of the molecule is O=C(O)c1ccc(NS(=O)(=O)c2ccc(F)c(F)c2F)s1. The number of hydrogen-bond acceptors (Lipinski definition) is 4. The number of carboxylic acid groups (broad SMARTS) is 1. The van der Waals surface area contributed by atoms with Crippen LogP contribution in [0, 0.1) is 17.5 Å². The standard InChI is InChI=1S/C11H6F3NO4S2/c12-5-1-3-7(10(14)9(5)13)21(18,19)15-8-4-2-6(20-8)11(16)17/h1-4,15H,(H,16,17). The molecule has 1 heterocycles. The Labute approximate surface area is 120 Å². The number of nitrogens with one attached hydrogen (secondary N) is 1. The van der Waals surface area contributed by atoms with E-state index in [-0.39, 0.29) is 9.88 Å². The van der Waals surface area contributed by atoms with Crippen molar-refractivity contribution in [2.24, 2.45) is 0 Å². The lowest BCUT2D eigenvalue weighted by Crippen LogP contribution is -2.15. The Hall–Kier alpha value is -2.07. The van der Waals surface area contributed by atoms with Gasteiger partial charge in [-0.15, -0.1) is 11.3 Å². The fraction of sp³-hybridized carbons (Fsp3) is 0. The van der Waals surface area contributed by atoms with Crippen molar-refractivity contribution in [2.75, 3.05) is 4.72 Å². The first kappa shape index (κ1) is 15.3. The van der Waals surface area contributed by atoms with Gasteiger partial charge in [-0.2, -0.15) is 0 Å². The van der Waals surface area contributed by atoms with Gasteiger partial charge >= 0.3 is 5.97 Å². The van der Waals surface area contributed by atoms with Crippen LogP contribution in [0.5, 0.6) is 0 Å². The zero-order valence-electron chi connectivity index (χ0n) is 9.93. The van der Waals surface area contributed by atoms with Crippen LogP contribution in [-0.2, 0) is 10.0 Å². The minimum Gasteiger partial charge on any atom is -0.477 e. The summed E-state index contributed by atoms with van der Waals surface area (Å²) in [7, 11) is -4.51. The van der Waals surface area contributed by atoms with Crippen molar-refractivity contribution in [3.63, 3.8) is 0 Å². The van der Waals surface area contributed by atoms with Crippen LogP contribution in [0.25, 0.3) is 0 Å². The zero-order chi connectivity index (χ0) is 15.8. The topological polar surface area (TPSA) is 83.5 Å². The van der Waals surface area contributed by atoms with Crippen molar-refractivity contribution in [1.82, 2.24) is 0 Å². The van der Waals surface area contributed by atoms with Crippen LogP contribution >= 0.6 is 11.3 Å². The smallest absolute Gasteiger partial charge is 0.345 e. The second kappa shape index (κ2) is 5.37. The average molecular weight is 337 g/mol. The van der Waals surface area contributed by atoms with E-state index in [1.54, 1.807) is 0 Å². The van der Waals surface area contributed by atoms with E-state index in [4.69, 9.17) is 5.11 Å². The molecule has 0 aliphatic rings. The molecule has 5 nitrogen and oxygen atoms in total. The number of aromatic carboxylic acids is 1. The number of anilines is 1. The second-order valence-corrected chi connectivity index (χ2v) is 6.48. The summed E-state index contributed by atoms with van der Waals surface area (Å²) in [6.07, 6.45) is 0. The molecule has 0 bridgehead atoms. The first-order chi connectivity index (χ1) is 9.72. The summed E-state index contributed by atoms with van der Waals surface area (Å²) in [5, 5.41) is 8.61. The van der Waals surface area contributed by atoms with Crippen LogP contribution < -0.4 is 4.72 Å². The molecule has 0 radical (unpaired) electrons. The average Bonchev–Trinajstić information content (AvgIpc) is 2.83. The fourth-order valence-electron chi connectivity index (χ4n) is 1.41. The Kier molecular flexibility index (Phi) is 3.92. The number of carbonyl (C=O) groups is 1. The summed E-state index contributed by atoms with van der Waals surface area (Å²) >= 11 is 0.596. The van der Waals surface area contributed by atoms with Crippen LogP contribution in [0.4, 0.5) is 18.2 Å². The maximum Gasteiger partial charge on any atom is 0.345 e. The Morgan fingerprint density at radius 1 is 1.10 bits per heavy atom. The molecule has 112 valence electrons. The molecule has 0 fully saturated rings. The van der Waals surface area contributed by atoms with Gasteiger partial charge in [-0.3, -0.25) is 4.72 Å². The minimum atomic E-state index is -4.51. The van der Waals surface area contributed by atoms with Gasteiger partial charge in [-0.05, 0) is 24.3 Å². The molecule has 0 saturated carbocycles. The summed E-state index contributed by atoms with van der Waals surface area (Å²) in [5.41, 5.74) is 0. The third-order valence-corrected chi connectivity index (χ3v) is 4.84. The Bertz CT molecular complexity index is 817. The van der Waals surface area contributed by atoms with E-state index in [1.807, 2.05) is 4.72 Å². The summed E-state index contributed by atoms with van der Waals surface area (Å²) in [6, 6.07) is 3.35. The molecule has 0 aliphatic carbocycles. The van der Waals surface area contributed by atoms with Crippen LogP contribution in [0.1, 0.15) is 9.67 Å². The molecule has 0 spiro atoms. The molecule has 2 aromatic rings. The Morgan fingerprint density at radius 3 is 2.33 bits per heavy atom. The molecule has 21 heavy (non-hydrogen) atoms. The quantitative estimate of drug-likeness (QED) is 0.840. The van der Waals surface area contributed by atoms with E-state index in [0.29, 0.717) is 23.5 Å². The van der Waals surface area contributed by atoms with Gasteiger partial charge in [0.25, 0.3) is 10.0 Å². The van der Waals surface area contributed by atoms with Crippen LogP contribution in [-0.4, -0.2) is 19.5 Å². The van der Waals surface area contributed by atoms with Gasteiger partial charge in [0.1, 0.15) is 14.8 Å².